The molecule has 0 unspecified atom stereocenters. The van der Waals surface area contributed by atoms with Gasteiger partial charge in [-0.1, -0.05) is 12.1 Å². The van der Waals surface area contributed by atoms with Gasteiger partial charge in [0.2, 0.25) is 5.91 Å². The number of rotatable bonds is 4. The van der Waals surface area contributed by atoms with E-state index in [0.717, 1.165) is 66.9 Å². The van der Waals surface area contributed by atoms with Crippen molar-refractivity contribution in [1.82, 2.24) is 9.80 Å². The third kappa shape index (κ3) is 3.92. The number of nitrogens with zero attached hydrogens (tertiary/aromatic N) is 2. The second-order valence-corrected chi connectivity index (χ2v) is 11.2. The van der Waals surface area contributed by atoms with Gasteiger partial charge in [0, 0.05) is 26.2 Å². The van der Waals surface area contributed by atoms with E-state index in [0.29, 0.717) is 25.5 Å². The van der Waals surface area contributed by atoms with Crippen molar-refractivity contribution in [3.63, 3.8) is 0 Å². The average molecular weight is 439 g/mol. The van der Waals surface area contributed by atoms with Crippen LogP contribution in [0, 0.1) is 43.9 Å². The molecule has 0 spiro atoms. The van der Waals surface area contributed by atoms with E-state index < -0.39 is 0 Å². The van der Waals surface area contributed by atoms with Crippen molar-refractivity contribution < 1.29 is 14.3 Å². The summed E-state index contributed by atoms with van der Waals surface area (Å²) in [4.78, 5) is 30.6. The number of benzene rings is 1. The molecule has 2 amide bonds. The fourth-order valence-corrected chi connectivity index (χ4v) is 7.45. The van der Waals surface area contributed by atoms with Crippen molar-refractivity contribution in [2.24, 2.45) is 23.2 Å². The zero-order valence-electron chi connectivity index (χ0n) is 20.0. The molecule has 5 fully saturated rings. The molecule has 1 aromatic carbocycles. The number of hydrogen-bond donors (Lipinski definition) is 0. The van der Waals surface area contributed by atoms with Crippen LogP contribution in [0.15, 0.2) is 12.1 Å². The smallest absolute Gasteiger partial charge is 0.260 e. The lowest BCUT2D eigenvalue weighted by Crippen LogP contribution is -2.55. The van der Waals surface area contributed by atoms with Crippen LogP contribution in [0.2, 0.25) is 0 Å². The van der Waals surface area contributed by atoms with Gasteiger partial charge in [-0.3, -0.25) is 9.59 Å². The van der Waals surface area contributed by atoms with Crippen LogP contribution < -0.4 is 4.74 Å². The molecule has 4 saturated carbocycles. The quantitative estimate of drug-likeness (QED) is 0.705. The van der Waals surface area contributed by atoms with Crippen LogP contribution in [0.1, 0.15) is 61.6 Å². The Bertz CT molecular complexity index is 873. The van der Waals surface area contributed by atoms with E-state index in [1.807, 2.05) is 24.8 Å². The number of ether oxygens (including phenoxy) is 1. The number of amides is 2. The zero-order valence-corrected chi connectivity index (χ0v) is 20.0. The fraction of sp³-hybridized carbons (Fsp3) is 0.704. The van der Waals surface area contributed by atoms with Gasteiger partial charge in [-0.15, -0.1) is 0 Å². The molecular weight excluding hydrogens is 400 g/mol. The molecule has 1 saturated heterocycles. The lowest BCUT2D eigenvalue weighted by atomic mass is 9.49. The minimum Gasteiger partial charge on any atom is -0.483 e. The molecule has 5 nitrogen and oxygen atoms in total. The molecule has 5 aliphatic rings. The molecule has 1 aliphatic heterocycles. The maximum absolute atomic E-state index is 13.7. The highest BCUT2D eigenvalue weighted by Crippen LogP contribution is 2.60. The molecule has 4 bridgehead atoms. The molecular formula is C27H38N2O3. The average Bonchev–Trinajstić information content (AvgIpc) is 3.01. The number of carbonyl (C=O) groups excluding carboxylic acids is 2. The first-order chi connectivity index (χ1) is 15.3. The van der Waals surface area contributed by atoms with E-state index in [-0.39, 0.29) is 17.9 Å². The second-order valence-electron chi connectivity index (χ2n) is 11.2. The SMILES string of the molecule is Cc1ccc(C)c(OCC(=O)N2CCCN(C(=O)C34CC5CC(CC(C5)C3)C4)CC2)c1C. The van der Waals surface area contributed by atoms with E-state index in [1.165, 1.54) is 24.8 Å². The van der Waals surface area contributed by atoms with Gasteiger partial charge in [-0.05, 0) is 100 Å². The number of carbonyl (C=O) groups is 2. The van der Waals surface area contributed by atoms with Crippen molar-refractivity contribution in [2.75, 3.05) is 32.8 Å². The summed E-state index contributed by atoms with van der Waals surface area (Å²) in [6.45, 7) is 8.96. The first-order valence-corrected chi connectivity index (χ1v) is 12.6. The maximum Gasteiger partial charge on any atom is 0.260 e. The van der Waals surface area contributed by atoms with Gasteiger partial charge in [0.1, 0.15) is 5.75 Å². The highest BCUT2D eigenvalue weighted by molar-refractivity contribution is 5.83. The Balaban J connectivity index is 1.19. The van der Waals surface area contributed by atoms with Gasteiger partial charge >= 0.3 is 0 Å². The first-order valence-electron chi connectivity index (χ1n) is 12.6. The van der Waals surface area contributed by atoms with Crippen LogP contribution in [0.3, 0.4) is 0 Å². The lowest BCUT2D eigenvalue weighted by molar-refractivity contribution is -0.157. The molecule has 0 aromatic heterocycles. The summed E-state index contributed by atoms with van der Waals surface area (Å²) >= 11 is 0. The van der Waals surface area contributed by atoms with Crippen molar-refractivity contribution in [1.29, 1.82) is 0 Å². The van der Waals surface area contributed by atoms with Gasteiger partial charge in [-0.2, -0.15) is 0 Å². The van der Waals surface area contributed by atoms with Crippen LogP contribution >= 0.6 is 0 Å². The third-order valence-corrected chi connectivity index (χ3v) is 8.84. The van der Waals surface area contributed by atoms with Crippen LogP contribution in [0.25, 0.3) is 0 Å². The lowest BCUT2D eigenvalue weighted by Gasteiger charge is -2.56. The van der Waals surface area contributed by atoms with Gasteiger partial charge in [0.05, 0.1) is 5.41 Å². The summed E-state index contributed by atoms with van der Waals surface area (Å²) in [5, 5.41) is 0. The molecule has 0 N–H and O–H groups in total. The van der Waals surface area contributed by atoms with Gasteiger partial charge < -0.3 is 14.5 Å². The molecule has 1 aromatic rings. The van der Waals surface area contributed by atoms with E-state index in [9.17, 15) is 9.59 Å². The third-order valence-electron chi connectivity index (χ3n) is 8.84. The maximum atomic E-state index is 13.7. The normalized spacial score (nSPS) is 31.5. The minimum absolute atomic E-state index is 0.0226. The number of hydrogen-bond acceptors (Lipinski definition) is 3. The van der Waals surface area contributed by atoms with E-state index in [1.54, 1.807) is 0 Å². The fourth-order valence-electron chi connectivity index (χ4n) is 7.45. The summed E-state index contributed by atoms with van der Waals surface area (Å²) in [5.41, 5.74) is 3.24. The Morgan fingerprint density at radius 1 is 0.875 bits per heavy atom. The highest BCUT2D eigenvalue weighted by Gasteiger charge is 2.55. The summed E-state index contributed by atoms with van der Waals surface area (Å²) in [6, 6.07) is 4.13. The van der Waals surface area contributed by atoms with Crippen molar-refractivity contribution in [3.05, 3.63) is 28.8 Å². The summed E-state index contributed by atoms with van der Waals surface area (Å²) in [6.07, 6.45) is 8.25. The van der Waals surface area contributed by atoms with E-state index in [4.69, 9.17) is 4.74 Å². The molecule has 6 rings (SSSR count). The Kier molecular flexibility index (Phi) is 5.71. The minimum atomic E-state index is -0.0860. The van der Waals surface area contributed by atoms with Gasteiger partial charge in [0.25, 0.3) is 5.91 Å². The highest BCUT2D eigenvalue weighted by atomic mass is 16.5. The van der Waals surface area contributed by atoms with Crippen LogP contribution in [0.5, 0.6) is 5.75 Å². The zero-order chi connectivity index (χ0) is 22.5. The largest absolute Gasteiger partial charge is 0.483 e. The predicted molar refractivity (Wildman–Crippen MR) is 125 cm³/mol. The Labute approximate surface area is 192 Å². The van der Waals surface area contributed by atoms with Crippen LogP contribution in [0.4, 0.5) is 0 Å². The summed E-state index contributed by atoms with van der Waals surface area (Å²) < 4.78 is 5.97. The summed E-state index contributed by atoms with van der Waals surface area (Å²) in [5.74, 6) is 3.58. The molecule has 1 heterocycles. The molecule has 0 radical (unpaired) electrons. The van der Waals surface area contributed by atoms with Crippen LogP contribution in [-0.4, -0.2) is 54.4 Å². The number of aryl methyl sites for hydroxylation is 2. The Morgan fingerprint density at radius 3 is 2.09 bits per heavy atom. The topological polar surface area (TPSA) is 49.9 Å². The molecule has 5 heteroatoms. The monoisotopic (exact) mass is 438 g/mol. The first kappa shape index (κ1) is 21.8. The molecule has 174 valence electrons. The van der Waals surface area contributed by atoms with Crippen molar-refractivity contribution in [2.45, 2.75) is 65.7 Å². The summed E-state index contributed by atoms with van der Waals surface area (Å²) in [7, 11) is 0. The molecule has 4 aliphatic carbocycles. The molecule has 32 heavy (non-hydrogen) atoms. The van der Waals surface area contributed by atoms with E-state index in [2.05, 4.69) is 17.9 Å². The standard InChI is InChI=1S/C27H38N2O3/c1-18-5-6-19(2)25(20(18)3)32-17-24(30)28-7-4-8-29(10-9-28)26(31)27-14-21-11-22(15-27)13-23(12-21)16-27/h5-6,21-23H,4,7-17H2,1-3H3. The Morgan fingerprint density at radius 2 is 1.44 bits per heavy atom. The Hall–Kier alpha value is -2.04. The van der Waals surface area contributed by atoms with Crippen molar-refractivity contribution >= 4 is 11.8 Å². The van der Waals surface area contributed by atoms with Crippen LogP contribution in [-0.2, 0) is 9.59 Å². The van der Waals surface area contributed by atoms with Crippen molar-refractivity contribution in [3.8, 4) is 5.75 Å². The molecule has 0 atom stereocenters. The van der Waals surface area contributed by atoms with Gasteiger partial charge in [0.15, 0.2) is 6.61 Å². The van der Waals surface area contributed by atoms with Gasteiger partial charge in [-0.25, -0.2) is 0 Å². The van der Waals surface area contributed by atoms with E-state index >= 15 is 0 Å². The predicted octanol–water partition coefficient (Wildman–Crippen LogP) is 4.27. The second kappa shape index (κ2) is 8.39.